The third-order valence-electron chi connectivity index (χ3n) is 7.02. The molecular weight excluding hydrogens is 584 g/mol. The van der Waals surface area contributed by atoms with Crippen molar-refractivity contribution < 1.29 is 28.6 Å². The summed E-state index contributed by atoms with van der Waals surface area (Å²) in [7, 11) is 0. The Balaban J connectivity index is 0.000000315. The summed E-state index contributed by atoms with van der Waals surface area (Å²) in [4.78, 5) is 35.9. The second-order valence-electron chi connectivity index (χ2n) is 12.2. The van der Waals surface area contributed by atoms with Crippen molar-refractivity contribution >= 4 is 30.3 Å². The average molecular weight is 633 g/mol. The molecule has 44 heavy (non-hydrogen) atoms. The molecular formula is C33H49ClN4O6. The third kappa shape index (κ3) is 12.6. The minimum atomic E-state index is -0.490. The number of rotatable bonds is 8. The predicted octanol–water partition coefficient (Wildman–Crippen LogP) is 5.32. The van der Waals surface area contributed by atoms with Crippen LogP contribution in [0.25, 0.3) is 0 Å². The molecule has 4 rings (SSSR count). The number of benzene rings is 2. The summed E-state index contributed by atoms with van der Waals surface area (Å²) >= 11 is 0. The first kappa shape index (κ1) is 36.7. The molecule has 2 heterocycles. The number of hydrogen-bond acceptors (Lipinski definition) is 7. The maximum absolute atomic E-state index is 12.1. The second-order valence-corrected chi connectivity index (χ2v) is 12.2. The predicted molar refractivity (Wildman–Crippen MR) is 173 cm³/mol. The monoisotopic (exact) mass is 632 g/mol. The van der Waals surface area contributed by atoms with E-state index in [-0.39, 0.29) is 54.6 Å². The topological polar surface area (TPSA) is 118 Å². The van der Waals surface area contributed by atoms with Crippen molar-refractivity contribution in [3.05, 3.63) is 59.7 Å². The van der Waals surface area contributed by atoms with Crippen molar-refractivity contribution in [2.45, 2.75) is 91.2 Å². The number of nitrogens with zero attached hydrogens (tertiary/aromatic N) is 1. The molecule has 0 bridgehead atoms. The van der Waals surface area contributed by atoms with Gasteiger partial charge in [-0.05, 0) is 83.0 Å². The molecule has 3 N–H and O–H groups in total. The first-order valence-corrected chi connectivity index (χ1v) is 15.0. The fraction of sp³-hybridized carbons (Fsp3) is 0.545. The van der Waals surface area contributed by atoms with Crippen molar-refractivity contribution in [3.63, 3.8) is 0 Å². The van der Waals surface area contributed by atoms with Crippen molar-refractivity contribution in [3.8, 4) is 11.5 Å². The Labute approximate surface area is 268 Å². The zero-order valence-electron chi connectivity index (χ0n) is 27.0. The molecule has 2 aliphatic rings. The Bertz CT molecular complexity index is 1200. The lowest BCUT2D eigenvalue weighted by atomic mass is 10.1. The lowest BCUT2D eigenvalue weighted by molar-refractivity contribution is -0.120. The van der Waals surface area contributed by atoms with E-state index in [4.69, 9.17) is 14.2 Å². The summed E-state index contributed by atoms with van der Waals surface area (Å²) in [5.74, 6) is 1.58. The van der Waals surface area contributed by atoms with E-state index in [0.717, 1.165) is 48.6 Å². The number of halogens is 1. The van der Waals surface area contributed by atoms with E-state index < -0.39 is 5.60 Å². The van der Waals surface area contributed by atoms with Gasteiger partial charge in [-0.25, -0.2) is 4.79 Å². The molecule has 2 saturated heterocycles. The van der Waals surface area contributed by atoms with Gasteiger partial charge in [0.05, 0.1) is 18.6 Å². The quantitative estimate of drug-likeness (QED) is 0.361. The lowest BCUT2D eigenvalue weighted by Gasteiger charge is -2.24. The molecule has 10 nitrogen and oxygen atoms in total. The Morgan fingerprint density at radius 3 is 1.70 bits per heavy atom. The molecule has 2 aliphatic heterocycles. The molecule has 244 valence electrons. The zero-order valence-corrected chi connectivity index (χ0v) is 27.8. The summed E-state index contributed by atoms with van der Waals surface area (Å²) in [5.41, 5.74) is 1.61. The molecule has 3 amide bonds. The Morgan fingerprint density at radius 2 is 1.30 bits per heavy atom. The minimum Gasteiger partial charge on any atom is -0.489 e. The van der Waals surface area contributed by atoms with Gasteiger partial charge in [-0.2, -0.15) is 0 Å². The van der Waals surface area contributed by atoms with Crippen molar-refractivity contribution in [2.24, 2.45) is 0 Å². The lowest BCUT2D eigenvalue weighted by Crippen LogP contribution is -2.36. The van der Waals surface area contributed by atoms with Gasteiger partial charge in [0.1, 0.15) is 29.3 Å². The minimum absolute atomic E-state index is 0. The zero-order chi connectivity index (χ0) is 31.6. The fourth-order valence-electron chi connectivity index (χ4n) is 4.88. The molecule has 4 atom stereocenters. The molecule has 0 spiro atoms. The molecule has 0 aromatic heterocycles. The van der Waals surface area contributed by atoms with Gasteiger partial charge >= 0.3 is 6.09 Å². The van der Waals surface area contributed by atoms with Crippen LogP contribution in [0.15, 0.2) is 48.5 Å². The van der Waals surface area contributed by atoms with Gasteiger partial charge < -0.3 is 35.1 Å². The summed E-state index contributed by atoms with van der Waals surface area (Å²) in [6, 6.07) is 15.6. The largest absolute Gasteiger partial charge is 0.489 e. The smallest absolute Gasteiger partial charge is 0.410 e. The van der Waals surface area contributed by atoms with Crippen LogP contribution in [-0.4, -0.2) is 66.8 Å². The van der Waals surface area contributed by atoms with Gasteiger partial charge in [-0.3, -0.25) is 9.59 Å². The third-order valence-corrected chi connectivity index (χ3v) is 7.02. The van der Waals surface area contributed by atoms with E-state index in [1.807, 2.05) is 83.1 Å². The van der Waals surface area contributed by atoms with Crippen LogP contribution in [0.5, 0.6) is 11.5 Å². The number of ether oxygens (including phenoxy) is 3. The highest BCUT2D eigenvalue weighted by Gasteiger charge is 2.31. The average Bonchev–Trinajstić information content (AvgIpc) is 3.61. The van der Waals surface area contributed by atoms with Gasteiger partial charge in [0, 0.05) is 33.4 Å². The Hall–Kier alpha value is -3.50. The summed E-state index contributed by atoms with van der Waals surface area (Å²) in [6.07, 6.45) is 1.79. The van der Waals surface area contributed by atoms with E-state index in [0.29, 0.717) is 13.1 Å². The van der Waals surface area contributed by atoms with E-state index >= 15 is 0 Å². The SMILES string of the molecule is CC(=O)N[C@@H](C)c1ccc(OC2CCN(C(=O)OC(C)(C)C)C2)cc1.CC(=O)N[C@@H](C)c1ccc(OC2CCNC2)cc1.Cl. The van der Waals surface area contributed by atoms with Crippen LogP contribution in [0.3, 0.4) is 0 Å². The molecule has 2 aromatic carbocycles. The Kier molecular flexibility index (Phi) is 14.3. The highest BCUT2D eigenvalue weighted by molar-refractivity contribution is 5.85. The van der Waals surface area contributed by atoms with Crippen LogP contribution in [0.4, 0.5) is 4.79 Å². The number of carbonyl (C=O) groups excluding carboxylic acids is 3. The summed E-state index contributed by atoms with van der Waals surface area (Å²) in [5, 5.41) is 8.98. The number of carbonyl (C=O) groups is 3. The van der Waals surface area contributed by atoms with Crippen LogP contribution in [-0.2, 0) is 14.3 Å². The maximum atomic E-state index is 12.1. The first-order valence-electron chi connectivity index (χ1n) is 15.0. The molecule has 0 saturated carbocycles. The highest BCUT2D eigenvalue weighted by Crippen LogP contribution is 2.23. The standard InChI is InChI=1S/C19H28N2O4.C14H20N2O2.ClH/c1-13(20-14(2)22)15-6-8-16(9-7-15)24-17-10-11-21(12-17)18(23)25-19(3,4)5;1-10(16-11(2)17)12-3-5-13(6-4-12)18-14-7-8-15-9-14;/h6-9,13,17H,10-12H2,1-5H3,(H,20,22);3-6,10,14-15H,7-9H2,1-2H3,(H,16,17);1H/t13-,17?;10-,14?;/m00./s1. The van der Waals surface area contributed by atoms with Gasteiger partial charge in [0.25, 0.3) is 0 Å². The molecule has 0 aliphatic carbocycles. The van der Waals surface area contributed by atoms with Crippen LogP contribution in [0.1, 0.15) is 84.5 Å². The Morgan fingerprint density at radius 1 is 0.818 bits per heavy atom. The van der Waals surface area contributed by atoms with Gasteiger partial charge in [0.2, 0.25) is 11.8 Å². The highest BCUT2D eigenvalue weighted by atomic mass is 35.5. The van der Waals surface area contributed by atoms with Gasteiger partial charge in [-0.1, -0.05) is 24.3 Å². The normalized spacial score (nSPS) is 18.9. The fourth-order valence-corrected chi connectivity index (χ4v) is 4.88. The second kappa shape index (κ2) is 17.1. The molecule has 2 fully saturated rings. The van der Waals surface area contributed by atoms with E-state index in [1.165, 1.54) is 13.8 Å². The molecule has 2 aromatic rings. The van der Waals surface area contributed by atoms with Gasteiger partial charge in [-0.15, -0.1) is 12.4 Å². The van der Waals surface area contributed by atoms with Crippen LogP contribution >= 0.6 is 12.4 Å². The van der Waals surface area contributed by atoms with Crippen molar-refractivity contribution in [1.82, 2.24) is 20.9 Å². The molecule has 11 heteroatoms. The summed E-state index contributed by atoms with van der Waals surface area (Å²) in [6.45, 7) is 15.6. The maximum Gasteiger partial charge on any atom is 0.410 e. The van der Waals surface area contributed by atoms with E-state index in [1.54, 1.807) is 4.90 Å². The van der Waals surface area contributed by atoms with Crippen LogP contribution < -0.4 is 25.4 Å². The van der Waals surface area contributed by atoms with Crippen molar-refractivity contribution in [1.29, 1.82) is 0 Å². The number of hydrogen-bond donors (Lipinski definition) is 3. The van der Waals surface area contributed by atoms with Crippen LogP contribution in [0.2, 0.25) is 0 Å². The van der Waals surface area contributed by atoms with Crippen molar-refractivity contribution in [2.75, 3.05) is 26.2 Å². The van der Waals surface area contributed by atoms with E-state index in [2.05, 4.69) is 16.0 Å². The first-order chi connectivity index (χ1) is 20.3. The summed E-state index contributed by atoms with van der Waals surface area (Å²) < 4.78 is 17.2. The van der Waals surface area contributed by atoms with E-state index in [9.17, 15) is 14.4 Å². The number of amides is 3. The number of nitrogens with one attached hydrogen (secondary N) is 3. The van der Waals surface area contributed by atoms with Gasteiger partial charge in [0.15, 0.2) is 0 Å². The molecule has 0 radical (unpaired) electrons. The number of likely N-dealkylation sites (tertiary alicyclic amines) is 1. The molecule has 2 unspecified atom stereocenters. The van der Waals surface area contributed by atoms with Crippen LogP contribution in [0, 0.1) is 0 Å².